The molecule has 1 unspecified atom stereocenters. The van der Waals surface area contributed by atoms with Crippen LogP contribution in [-0.2, 0) is 6.54 Å². The van der Waals surface area contributed by atoms with Crippen molar-refractivity contribution in [3.05, 3.63) is 11.5 Å². The molecule has 2 aromatic heterocycles. The van der Waals surface area contributed by atoms with E-state index in [0.29, 0.717) is 24.1 Å². The van der Waals surface area contributed by atoms with Crippen molar-refractivity contribution >= 4 is 28.7 Å². The van der Waals surface area contributed by atoms with Crippen LogP contribution < -0.4 is 5.73 Å². The lowest BCUT2D eigenvalue weighted by molar-refractivity contribution is 0.140. The van der Waals surface area contributed by atoms with E-state index in [-0.39, 0.29) is 30.2 Å². The summed E-state index contributed by atoms with van der Waals surface area (Å²) in [7, 11) is 0. The highest BCUT2D eigenvalue weighted by Gasteiger charge is 2.12. The van der Waals surface area contributed by atoms with Crippen LogP contribution in [0, 0.1) is 5.92 Å². The van der Waals surface area contributed by atoms with Crippen LogP contribution >= 0.6 is 11.6 Å². The van der Waals surface area contributed by atoms with Crippen molar-refractivity contribution in [3.8, 4) is 0 Å². The van der Waals surface area contributed by atoms with E-state index in [1.807, 2.05) is 0 Å². The third-order valence-corrected chi connectivity index (χ3v) is 3.00. The van der Waals surface area contributed by atoms with Gasteiger partial charge in [0.2, 0.25) is 5.95 Å². The number of aryl methyl sites for hydroxylation is 1. The Morgan fingerprint density at radius 1 is 1.50 bits per heavy atom. The molecule has 2 rings (SSSR count). The van der Waals surface area contributed by atoms with Crippen molar-refractivity contribution in [1.29, 1.82) is 0 Å². The van der Waals surface area contributed by atoms with Gasteiger partial charge >= 0.3 is 0 Å². The fourth-order valence-electron chi connectivity index (χ4n) is 1.65. The van der Waals surface area contributed by atoms with Gasteiger partial charge in [0.15, 0.2) is 10.8 Å². The quantitative estimate of drug-likeness (QED) is 0.664. The molecule has 0 aliphatic carbocycles. The van der Waals surface area contributed by atoms with E-state index >= 15 is 0 Å². The Kier molecular flexibility index (Phi) is 3.95. The number of hydrogen-bond acceptors (Lipinski definition) is 6. The number of aliphatic hydroxyl groups is 2. The molecule has 7 nitrogen and oxygen atoms in total. The van der Waals surface area contributed by atoms with Crippen LogP contribution in [0.1, 0.15) is 6.42 Å². The van der Waals surface area contributed by atoms with Gasteiger partial charge < -0.3 is 20.5 Å². The van der Waals surface area contributed by atoms with E-state index in [1.165, 1.54) is 0 Å². The molecule has 0 radical (unpaired) electrons. The first-order valence-corrected chi connectivity index (χ1v) is 5.89. The molecule has 0 saturated heterocycles. The number of anilines is 1. The molecule has 18 heavy (non-hydrogen) atoms. The Balaban J connectivity index is 2.24. The molecule has 0 bridgehead atoms. The zero-order valence-corrected chi connectivity index (χ0v) is 10.4. The Labute approximate surface area is 108 Å². The molecule has 4 N–H and O–H groups in total. The minimum Gasteiger partial charge on any atom is -0.396 e. The third-order valence-electron chi connectivity index (χ3n) is 2.73. The number of rotatable bonds is 5. The highest BCUT2D eigenvalue weighted by Crippen LogP contribution is 2.20. The second kappa shape index (κ2) is 5.47. The first kappa shape index (κ1) is 13.0. The lowest BCUT2D eigenvalue weighted by atomic mass is 10.2. The van der Waals surface area contributed by atoms with E-state index in [1.54, 1.807) is 10.9 Å². The molecule has 0 fully saturated rings. The lowest BCUT2D eigenvalue weighted by Gasteiger charge is -2.11. The van der Waals surface area contributed by atoms with Gasteiger partial charge in [0, 0.05) is 25.7 Å². The molecule has 0 aromatic carbocycles. The van der Waals surface area contributed by atoms with Gasteiger partial charge in [-0.3, -0.25) is 0 Å². The molecule has 8 heteroatoms. The Hall–Kier alpha value is -1.44. The molecule has 2 heterocycles. The van der Waals surface area contributed by atoms with Crippen LogP contribution in [0.4, 0.5) is 5.95 Å². The molecule has 0 spiro atoms. The van der Waals surface area contributed by atoms with Gasteiger partial charge in [-0.15, -0.1) is 0 Å². The van der Waals surface area contributed by atoms with Gasteiger partial charge in [-0.2, -0.15) is 9.97 Å². The standard InChI is InChI=1S/C10H14ClN5O2/c11-8-7-9(15-10(12)14-8)16(5-13-7)2-1-6(3-17)4-18/h5-6,17-18H,1-4H2,(H2,12,14,15)/i3+2. The van der Waals surface area contributed by atoms with Crippen LogP contribution in [0.3, 0.4) is 0 Å². The molecular weight excluding hydrogens is 260 g/mol. The van der Waals surface area contributed by atoms with Crippen molar-refractivity contribution in [1.82, 2.24) is 19.5 Å². The topological polar surface area (TPSA) is 110 Å². The number of hydrogen-bond donors (Lipinski definition) is 3. The summed E-state index contributed by atoms with van der Waals surface area (Å²) in [5.41, 5.74) is 6.59. The van der Waals surface area contributed by atoms with Crippen LogP contribution in [-0.4, -0.2) is 42.9 Å². The molecule has 98 valence electrons. The highest BCUT2D eigenvalue weighted by atomic mass is 35.5. The number of halogens is 1. The van der Waals surface area contributed by atoms with E-state index in [9.17, 15) is 0 Å². The fraction of sp³-hybridized carbons (Fsp3) is 0.500. The average Bonchev–Trinajstić information content (AvgIpc) is 2.74. The normalized spacial score (nSPS) is 13.1. The van der Waals surface area contributed by atoms with Crippen LogP contribution in [0.15, 0.2) is 6.33 Å². The smallest absolute Gasteiger partial charge is 0.223 e. The number of nitrogens with two attached hydrogens (primary N) is 1. The zero-order valence-electron chi connectivity index (χ0n) is 9.62. The maximum Gasteiger partial charge on any atom is 0.223 e. The largest absolute Gasteiger partial charge is 0.396 e. The number of aliphatic hydroxyl groups excluding tert-OH is 2. The molecule has 1 atom stereocenters. The molecular formula is C10H14ClN5O2. The summed E-state index contributed by atoms with van der Waals surface area (Å²) in [6.07, 6.45) is 2.20. The molecule has 0 aliphatic heterocycles. The van der Waals surface area contributed by atoms with Crippen molar-refractivity contribution in [2.75, 3.05) is 18.9 Å². The van der Waals surface area contributed by atoms with Crippen LogP contribution in [0.5, 0.6) is 0 Å². The number of aromatic nitrogens is 4. The highest BCUT2D eigenvalue weighted by molar-refractivity contribution is 6.33. The minimum absolute atomic E-state index is 0.0546. The predicted octanol–water partition coefficient (Wildman–Crippen LogP) is 0.0528. The second-order valence-electron chi connectivity index (χ2n) is 4.00. The van der Waals surface area contributed by atoms with Gasteiger partial charge in [-0.1, -0.05) is 11.6 Å². The van der Waals surface area contributed by atoms with E-state index in [0.717, 1.165) is 0 Å². The SMILES string of the molecule is Nc1nc(Cl)c2ncn(CCC(CO)[14CH2]O)c2n1. The number of nitrogens with zero attached hydrogens (tertiary/aromatic N) is 4. The summed E-state index contributed by atoms with van der Waals surface area (Å²) < 4.78 is 1.78. The van der Waals surface area contributed by atoms with Gasteiger partial charge in [0.1, 0.15) is 5.52 Å². The minimum atomic E-state index is -0.155. The van der Waals surface area contributed by atoms with Gasteiger partial charge in [-0.25, -0.2) is 4.98 Å². The maximum atomic E-state index is 9.00. The Morgan fingerprint density at radius 3 is 2.94 bits per heavy atom. The van der Waals surface area contributed by atoms with Crippen LogP contribution in [0.2, 0.25) is 5.15 Å². The molecule has 0 amide bonds. The van der Waals surface area contributed by atoms with Gasteiger partial charge in [0.25, 0.3) is 0 Å². The summed E-state index contributed by atoms with van der Waals surface area (Å²) in [5.74, 6) is -0.0628. The predicted molar refractivity (Wildman–Crippen MR) is 67.0 cm³/mol. The lowest BCUT2D eigenvalue weighted by Crippen LogP contribution is -2.14. The molecule has 2 aromatic rings. The van der Waals surface area contributed by atoms with E-state index in [2.05, 4.69) is 15.0 Å². The number of fused-ring (bicyclic) bond motifs is 1. The van der Waals surface area contributed by atoms with Crippen molar-refractivity contribution < 1.29 is 10.2 Å². The van der Waals surface area contributed by atoms with Gasteiger partial charge in [0.05, 0.1) is 6.33 Å². The van der Waals surface area contributed by atoms with Crippen molar-refractivity contribution in [2.24, 2.45) is 5.92 Å². The fourth-order valence-corrected chi connectivity index (χ4v) is 1.87. The molecule has 0 saturated carbocycles. The average molecular weight is 274 g/mol. The van der Waals surface area contributed by atoms with E-state index in [4.69, 9.17) is 27.5 Å². The molecule has 0 aliphatic rings. The summed E-state index contributed by atoms with van der Waals surface area (Å²) in [6.45, 7) is 0.455. The number of imidazole rings is 1. The first-order valence-electron chi connectivity index (χ1n) is 5.51. The Morgan fingerprint density at radius 2 is 2.28 bits per heavy atom. The second-order valence-corrected chi connectivity index (χ2v) is 4.36. The number of nitrogen functional groups attached to an aromatic ring is 1. The maximum absolute atomic E-state index is 9.00. The zero-order chi connectivity index (χ0) is 13.1. The van der Waals surface area contributed by atoms with Gasteiger partial charge in [-0.05, 0) is 6.42 Å². The third kappa shape index (κ3) is 2.53. The monoisotopic (exact) mass is 273 g/mol. The van der Waals surface area contributed by atoms with Crippen molar-refractivity contribution in [3.63, 3.8) is 0 Å². The van der Waals surface area contributed by atoms with Crippen molar-refractivity contribution in [2.45, 2.75) is 13.0 Å². The Bertz CT molecular complexity index is 540. The summed E-state index contributed by atoms with van der Waals surface area (Å²) in [5, 5.41) is 18.2. The first-order chi connectivity index (χ1) is 8.65. The summed E-state index contributed by atoms with van der Waals surface area (Å²) in [4.78, 5) is 12.0. The van der Waals surface area contributed by atoms with E-state index < -0.39 is 0 Å². The van der Waals surface area contributed by atoms with Crippen LogP contribution in [0.25, 0.3) is 11.2 Å². The summed E-state index contributed by atoms with van der Waals surface area (Å²) in [6, 6.07) is 0. The summed E-state index contributed by atoms with van der Waals surface area (Å²) >= 11 is 5.91.